The van der Waals surface area contributed by atoms with Gasteiger partial charge in [0, 0.05) is 5.92 Å². The van der Waals surface area contributed by atoms with Gasteiger partial charge in [0.15, 0.2) is 0 Å². The molecule has 0 amide bonds. The van der Waals surface area contributed by atoms with E-state index in [-0.39, 0.29) is 12.3 Å². The molecule has 0 spiro atoms. The number of carboxylic acids is 1. The zero-order valence-corrected chi connectivity index (χ0v) is 12.2. The smallest absolute Gasteiger partial charge is 0.308 e. The van der Waals surface area contributed by atoms with Crippen molar-refractivity contribution in [2.75, 3.05) is 7.11 Å². The Morgan fingerprint density at radius 3 is 2.00 bits per heavy atom. The number of rotatable bonds is 4. The second kappa shape index (κ2) is 5.64. The van der Waals surface area contributed by atoms with Crippen molar-refractivity contribution in [3.63, 3.8) is 0 Å². The monoisotopic (exact) mass is 296 g/mol. The Morgan fingerprint density at radius 2 is 1.55 bits per heavy atom. The Balaban J connectivity index is 2.12. The first-order valence-corrected chi connectivity index (χ1v) is 7.11. The van der Waals surface area contributed by atoms with Crippen LogP contribution in [0, 0.1) is 5.92 Å². The average Bonchev–Trinajstić information content (AvgIpc) is 2.86. The number of aliphatic carboxylic acids is 1. The highest BCUT2D eigenvalue weighted by atomic mass is 16.5. The lowest BCUT2D eigenvalue weighted by Gasteiger charge is -2.21. The highest BCUT2D eigenvalue weighted by Crippen LogP contribution is 2.48. The molecule has 1 aliphatic rings. The maximum Gasteiger partial charge on any atom is 0.308 e. The van der Waals surface area contributed by atoms with Crippen molar-refractivity contribution in [2.24, 2.45) is 5.92 Å². The van der Waals surface area contributed by atoms with Gasteiger partial charge in [-0.15, -0.1) is 0 Å². The topological polar surface area (TPSA) is 63.6 Å². The fourth-order valence-corrected chi connectivity index (χ4v) is 3.24. The number of carboxylic acid groups (broad SMARTS) is 1. The average molecular weight is 296 g/mol. The lowest BCUT2D eigenvalue weighted by molar-refractivity contribution is -0.150. The number of fused-ring (bicyclic) bond motifs is 3. The lowest BCUT2D eigenvalue weighted by Crippen LogP contribution is -2.25. The largest absolute Gasteiger partial charge is 0.481 e. The van der Waals surface area contributed by atoms with Gasteiger partial charge in [0.2, 0.25) is 0 Å². The van der Waals surface area contributed by atoms with Crippen LogP contribution < -0.4 is 0 Å². The molecule has 0 unspecified atom stereocenters. The first-order valence-electron chi connectivity index (χ1n) is 7.11. The summed E-state index contributed by atoms with van der Waals surface area (Å²) in [5.74, 6) is -2.66. The van der Waals surface area contributed by atoms with Gasteiger partial charge in [-0.3, -0.25) is 9.59 Å². The second-order valence-electron chi connectivity index (χ2n) is 5.38. The van der Waals surface area contributed by atoms with E-state index >= 15 is 0 Å². The molecule has 0 fully saturated rings. The lowest BCUT2D eigenvalue weighted by atomic mass is 9.82. The van der Waals surface area contributed by atoms with Crippen LogP contribution in [0.5, 0.6) is 0 Å². The van der Waals surface area contributed by atoms with Crippen molar-refractivity contribution >= 4 is 11.9 Å². The summed E-state index contributed by atoms with van der Waals surface area (Å²) >= 11 is 0. The quantitative estimate of drug-likeness (QED) is 0.881. The summed E-state index contributed by atoms with van der Waals surface area (Å²) in [5, 5.41) is 9.62. The van der Waals surface area contributed by atoms with E-state index in [4.69, 9.17) is 0 Å². The molecular weight excluding hydrogens is 280 g/mol. The third-order valence-corrected chi connectivity index (χ3v) is 4.22. The molecule has 22 heavy (non-hydrogen) atoms. The van der Waals surface area contributed by atoms with Crippen LogP contribution in [0.15, 0.2) is 48.5 Å². The number of hydrogen-bond acceptors (Lipinski definition) is 3. The van der Waals surface area contributed by atoms with E-state index in [2.05, 4.69) is 4.74 Å². The number of benzene rings is 2. The molecule has 0 saturated heterocycles. The highest BCUT2D eigenvalue weighted by molar-refractivity contribution is 5.85. The van der Waals surface area contributed by atoms with Gasteiger partial charge in [0.25, 0.3) is 0 Å². The molecule has 0 saturated carbocycles. The molecule has 4 nitrogen and oxygen atoms in total. The number of esters is 1. The first-order chi connectivity index (χ1) is 10.6. The second-order valence-corrected chi connectivity index (χ2v) is 5.38. The maximum absolute atomic E-state index is 11.7. The van der Waals surface area contributed by atoms with Crippen LogP contribution in [-0.2, 0) is 14.3 Å². The van der Waals surface area contributed by atoms with Crippen LogP contribution in [0.4, 0.5) is 0 Å². The number of ether oxygens (including phenoxy) is 1. The molecule has 1 N–H and O–H groups in total. The van der Waals surface area contributed by atoms with Crippen LogP contribution in [0.25, 0.3) is 11.1 Å². The van der Waals surface area contributed by atoms with Crippen molar-refractivity contribution in [2.45, 2.75) is 12.3 Å². The van der Waals surface area contributed by atoms with Crippen molar-refractivity contribution in [1.82, 2.24) is 0 Å². The van der Waals surface area contributed by atoms with Gasteiger partial charge < -0.3 is 9.84 Å². The predicted molar refractivity (Wildman–Crippen MR) is 81.5 cm³/mol. The van der Waals surface area contributed by atoms with E-state index < -0.39 is 17.9 Å². The van der Waals surface area contributed by atoms with Crippen LogP contribution in [0.1, 0.15) is 23.5 Å². The van der Waals surface area contributed by atoms with Gasteiger partial charge in [0.05, 0.1) is 19.4 Å². The zero-order valence-electron chi connectivity index (χ0n) is 12.2. The van der Waals surface area contributed by atoms with E-state index in [1.165, 1.54) is 7.11 Å². The number of methoxy groups -OCH3 is 1. The van der Waals surface area contributed by atoms with E-state index in [0.29, 0.717) is 0 Å². The summed E-state index contributed by atoms with van der Waals surface area (Å²) < 4.78 is 4.66. The SMILES string of the molecule is COC(=O)C[C@H](C(=O)O)C1c2ccccc2-c2ccccc21. The van der Waals surface area contributed by atoms with Crippen LogP contribution in [0.2, 0.25) is 0 Å². The fraction of sp³-hybridized carbons (Fsp3) is 0.222. The third kappa shape index (κ3) is 2.26. The summed E-state index contributed by atoms with van der Waals surface area (Å²) in [5.41, 5.74) is 4.00. The molecule has 112 valence electrons. The van der Waals surface area contributed by atoms with Crippen LogP contribution in [-0.4, -0.2) is 24.2 Å². The van der Waals surface area contributed by atoms with Crippen molar-refractivity contribution in [3.05, 3.63) is 59.7 Å². The predicted octanol–water partition coefficient (Wildman–Crippen LogP) is 3.06. The molecule has 0 aliphatic heterocycles. The molecule has 1 aliphatic carbocycles. The van der Waals surface area contributed by atoms with E-state index in [9.17, 15) is 14.7 Å². The van der Waals surface area contributed by atoms with E-state index in [0.717, 1.165) is 22.3 Å². The number of carbonyl (C=O) groups excluding carboxylic acids is 1. The molecule has 0 heterocycles. The summed E-state index contributed by atoms with van der Waals surface area (Å²) in [7, 11) is 1.28. The molecule has 2 aromatic carbocycles. The Labute approximate surface area is 128 Å². The normalized spacial score (nSPS) is 14.0. The third-order valence-electron chi connectivity index (χ3n) is 4.22. The number of hydrogen-bond donors (Lipinski definition) is 1. The molecule has 4 heteroatoms. The van der Waals surface area contributed by atoms with Crippen molar-refractivity contribution in [3.8, 4) is 11.1 Å². The summed E-state index contributed by atoms with van der Waals surface area (Å²) in [6, 6.07) is 15.5. The molecule has 2 aromatic rings. The minimum absolute atomic E-state index is 0.140. The van der Waals surface area contributed by atoms with Gasteiger partial charge in [0.1, 0.15) is 0 Å². The Morgan fingerprint density at radius 1 is 1.05 bits per heavy atom. The minimum atomic E-state index is -0.984. The molecular formula is C18H16O4. The van der Waals surface area contributed by atoms with E-state index in [1.807, 2.05) is 48.5 Å². The fourth-order valence-electron chi connectivity index (χ4n) is 3.24. The Hall–Kier alpha value is -2.62. The minimum Gasteiger partial charge on any atom is -0.481 e. The molecule has 0 radical (unpaired) electrons. The molecule has 0 aromatic heterocycles. The van der Waals surface area contributed by atoms with Gasteiger partial charge >= 0.3 is 11.9 Å². The summed E-state index contributed by atoms with van der Waals surface area (Å²) in [6.07, 6.45) is -0.140. The standard InChI is InChI=1S/C18H16O4/c1-22-16(19)10-15(18(20)21)17-13-8-4-2-6-11(13)12-7-3-5-9-14(12)17/h2-9,15,17H,10H2,1H3,(H,20,21)/t15-/m0/s1. The maximum atomic E-state index is 11.7. The van der Waals surface area contributed by atoms with Crippen molar-refractivity contribution < 1.29 is 19.4 Å². The van der Waals surface area contributed by atoms with Crippen LogP contribution >= 0.6 is 0 Å². The number of carbonyl (C=O) groups is 2. The highest BCUT2D eigenvalue weighted by Gasteiger charge is 2.39. The zero-order chi connectivity index (χ0) is 15.7. The first kappa shape index (κ1) is 14.3. The van der Waals surface area contributed by atoms with Gasteiger partial charge in [-0.1, -0.05) is 48.5 Å². The summed E-state index contributed by atoms with van der Waals surface area (Å²) in [4.78, 5) is 23.4. The molecule has 0 bridgehead atoms. The Bertz CT molecular complexity index is 690. The summed E-state index contributed by atoms with van der Waals surface area (Å²) in [6.45, 7) is 0. The van der Waals surface area contributed by atoms with Crippen molar-refractivity contribution in [1.29, 1.82) is 0 Å². The Kier molecular flexibility index (Phi) is 3.67. The van der Waals surface area contributed by atoms with Gasteiger partial charge in [-0.25, -0.2) is 0 Å². The van der Waals surface area contributed by atoms with Gasteiger partial charge in [-0.05, 0) is 22.3 Å². The van der Waals surface area contributed by atoms with Crippen LogP contribution in [0.3, 0.4) is 0 Å². The molecule has 3 rings (SSSR count). The van der Waals surface area contributed by atoms with E-state index in [1.54, 1.807) is 0 Å². The molecule has 1 atom stereocenters. The van der Waals surface area contributed by atoms with Gasteiger partial charge in [-0.2, -0.15) is 0 Å².